The van der Waals surface area contributed by atoms with Crippen LogP contribution in [0.3, 0.4) is 0 Å². The van der Waals surface area contributed by atoms with Crippen LogP contribution in [0.25, 0.3) is 0 Å². The van der Waals surface area contributed by atoms with Crippen molar-refractivity contribution in [2.45, 2.75) is 18.9 Å². The Hall–Kier alpha value is -2.25. The van der Waals surface area contributed by atoms with Crippen LogP contribution in [-0.4, -0.2) is 35.9 Å². The van der Waals surface area contributed by atoms with E-state index in [2.05, 4.69) is 16.3 Å². The van der Waals surface area contributed by atoms with Crippen molar-refractivity contribution in [3.63, 3.8) is 0 Å². The van der Waals surface area contributed by atoms with E-state index in [4.69, 9.17) is 0 Å². The highest BCUT2D eigenvalue weighted by atomic mass is 32.1. The van der Waals surface area contributed by atoms with Crippen molar-refractivity contribution in [2.24, 2.45) is 0 Å². The number of thiophene rings is 1. The van der Waals surface area contributed by atoms with E-state index in [0.717, 1.165) is 19.4 Å². The number of nitro groups is 1. The number of hydrogen-bond donors (Lipinski definition) is 0. The number of rotatable bonds is 5. The van der Waals surface area contributed by atoms with Gasteiger partial charge in [-0.05, 0) is 43.0 Å². The number of likely N-dealkylation sites (N-methyl/N-ethyl adjacent to an activating group) is 1. The van der Waals surface area contributed by atoms with Gasteiger partial charge in [0.25, 0.3) is 5.69 Å². The van der Waals surface area contributed by atoms with Crippen molar-refractivity contribution in [2.75, 3.05) is 25.0 Å². The Morgan fingerprint density at radius 3 is 2.75 bits per heavy atom. The Morgan fingerprint density at radius 2 is 2.12 bits per heavy atom. The quantitative estimate of drug-likeness (QED) is 0.615. The Morgan fingerprint density at radius 1 is 1.38 bits per heavy atom. The molecule has 1 aromatic heterocycles. The third-order valence-electron chi connectivity index (χ3n) is 4.40. The summed E-state index contributed by atoms with van der Waals surface area (Å²) in [4.78, 5) is 27.9. The molecule has 1 aliphatic rings. The number of benzene rings is 1. The molecule has 0 bridgehead atoms. The lowest BCUT2D eigenvalue weighted by atomic mass is 10.2. The molecule has 3 rings (SSSR count). The van der Waals surface area contributed by atoms with E-state index in [-0.39, 0.29) is 11.6 Å². The number of non-ortho nitro benzene ring substituents is 1. The first kappa shape index (κ1) is 16.6. The van der Waals surface area contributed by atoms with Gasteiger partial charge >= 0.3 is 0 Å². The van der Waals surface area contributed by atoms with Crippen molar-refractivity contribution in [1.29, 1.82) is 0 Å². The fourth-order valence-electron chi connectivity index (χ4n) is 3.04. The third-order valence-corrected chi connectivity index (χ3v) is 5.37. The second-order valence-electron chi connectivity index (χ2n) is 5.87. The van der Waals surface area contributed by atoms with Gasteiger partial charge in [0.15, 0.2) is 0 Å². The summed E-state index contributed by atoms with van der Waals surface area (Å²) in [5, 5.41) is 12.8. The summed E-state index contributed by atoms with van der Waals surface area (Å²) < 4.78 is 0. The van der Waals surface area contributed by atoms with Gasteiger partial charge in [0.2, 0.25) is 5.91 Å². The zero-order chi connectivity index (χ0) is 17.1. The van der Waals surface area contributed by atoms with Gasteiger partial charge in [-0.25, -0.2) is 0 Å². The summed E-state index contributed by atoms with van der Waals surface area (Å²) in [6.07, 6.45) is 2.17. The molecular weight excluding hydrogens is 326 g/mol. The zero-order valence-corrected chi connectivity index (χ0v) is 14.2. The van der Waals surface area contributed by atoms with Crippen LogP contribution < -0.4 is 4.90 Å². The largest absolute Gasteiger partial charge is 0.314 e. The van der Waals surface area contributed by atoms with Crippen LogP contribution in [0.4, 0.5) is 11.4 Å². The molecule has 7 heteroatoms. The lowest BCUT2D eigenvalue weighted by Gasteiger charge is -2.26. The maximum absolute atomic E-state index is 12.6. The summed E-state index contributed by atoms with van der Waals surface area (Å²) in [6.45, 7) is 1.28. The lowest BCUT2D eigenvalue weighted by Crippen LogP contribution is -2.38. The summed E-state index contributed by atoms with van der Waals surface area (Å²) in [5.41, 5.74) is 0.689. The van der Waals surface area contributed by atoms with Gasteiger partial charge in [0, 0.05) is 35.8 Å². The topological polar surface area (TPSA) is 66.7 Å². The van der Waals surface area contributed by atoms with Crippen LogP contribution in [0, 0.1) is 10.1 Å². The van der Waals surface area contributed by atoms with Crippen molar-refractivity contribution in [3.05, 3.63) is 56.8 Å². The zero-order valence-electron chi connectivity index (χ0n) is 13.4. The molecule has 1 aromatic carbocycles. The lowest BCUT2D eigenvalue weighted by molar-refractivity contribution is -0.384. The first-order valence-corrected chi connectivity index (χ1v) is 8.72. The molecule has 24 heavy (non-hydrogen) atoms. The first-order valence-electron chi connectivity index (χ1n) is 7.84. The molecule has 1 fully saturated rings. The third kappa shape index (κ3) is 3.47. The van der Waals surface area contributed by atoms with Crippen LogP contribution in [0.5, 0.6) is 0 Å². The Labute approximate surface area is 144 Å². The van der Waals surface area contributed by atoms with Crippen molar-refractivity contribution < 1.29 is 9.72 Å². The van der Waals surface area contributed by atoms with Crippen molar-refractivity contribution in [3.8, 4) is 0 Å². The number of carbonyl (C=O) groups excluding carboxylic acids is 1. The molecule has 1 aliphatic heterocycles. The fraction of sp³-hybridized carbons (Fsp3) is 0.353. The number of hydrogen-bond acceptors (Lipinski definition) is 5. The molecular formula is C17H19N3O3S. The van der Waals surface area contributed by atoms with E-state index >= 15 is 0 Å². The Bertz CT molecular complexity index is 715. The molecule has 126 valence electrons. The fourth-order valence-corrected chi connectivity index (χ4v) is 3.94. The summed E-state index contributed by atoms with van der Waals surface area (Å²) >= 11 is 1.73. The first-order chi connectivity index (χ1) is 11.6. The van der Waals surface area contributed by atoms with Gasteiger partial charge in [-0.1, -0.05) is 6.07 Å². The molecule has 2 aromatic rings. The molecule has 0 unspecified atom stereocenters. The van der Waals surface area contributed by atoms with Gasteiger partial charge in [-0.3, -0.25) is 19.8 Å². The van der Waals surface area contributed by atoms with Crippen LogP contribution >= 0.6 is 11.3 Å². The van der Waals surface area contributed by atoms with Gasteiger partial charge in [-0.2, -0.15) is 0 Å². The predicted octanol–water partition coefficient (Wildman–Crippen LogP) is 3.46. The summed E-state index contributed by atoms with van der Waals surface area (Å²) in [6, 6.07) is 10.5. The monoisotopic (exact) mass is 345 g/mol. The molecule has 2 heterocycles. The van der Waals surface area contributed by atoms with Gasteiger partial charge in [0.1, 0.15) is 0 Å². The Kier molecular flexibility index (Phi) is 4.92. The van der Waals surface area contributed by atoms with E-state index in [1.165, 1.54) is 17.0 Å². The molecule has 0 aliphatic carbocycles. The number of nitrogens with zero attached hydrogens (tertiary/aromatic N) is 3. The minimum absolute atomic E-state index is 0.00712. The number of carbonyl (C=O) groups is 1. The number of likely N-dealkylation sites (tertiary alicyclic amines) is 1. The number of nitro benzene ring substituents is 1. The molecule has 0 radical (unpaired) electrons. The minimum atomic E-state index is -0.443. The minimum Gasteiger partial charge on any atom is -0.314 e. The SMILES string of the molecule is CN(C(=O)CN1CCC[C@H]1c1cccs1)c1ccc([N+](=O)[O-])cc1. The number of anilines is 1. The highest BCUT2D eigenvalue weighted by Crippen LogP contribution is 2.34. The predicted molar refractivity (Wildman–Crippen MR) is 94.4 cm³/mol. The molecule has 0 N–H and O–H groups in total. The average molecular weight is 345 g/mol. The van der Waals surface area contributed by atoms with E-state index in [1.54, 1.807) is 35.4 Å². The molecule has 0 saturated carbocycles. The maximum Gasteiger partial charge on any atom is 0.269 e. The number of amides is 1. The highest BCUT2D eigenvalue weighted by molar-refractivity contribution is 7.10. The van der Waals surface area contributed by atoms with Crippen molar-refractivity contribution >= 4 is 28.6 Å². The second-order valence-corrected chi connectivity index (χ2v) is 6.85. The van der Waals surface area contributed by atoms with Crippen LogP contribution in [0.2, 0.25) is 0 Å². The molecule has 1 amide bonds. The van der Waals surface area contributed by atoms with E-state index in [0.29, 0.717) is 18.3 Å². The molecule has 1 saturated heterocycles. The summed E-state index contributed by atoms with van der Waals surface area (Å²) in [7, 11) is 1.71. The maximum atomic E-state index is 12.6. The van der Waals surface area contributed by atoms with E-state index in [1.807, 2.05) is 6.07 Å². The van der Waals surface area contributed by atoms with Gasteiger partial charge < -0.3 is 4.90 Å². The van der Waals surface area contributed by atoms with Crippen LogP contribution in [0.15, 0.2) is 41.8 Å². The van der Waals surface area contributed by atoms with E-state index in [9.17, 15) is 14.9 Å². The molecule has 1 atom stereocenters. The normalized spacial score (nSPS) is 17.8. The van der Waals surface area contributed by atoms with Gasteiger partial charge in [-0.15, -0.1) is 11.3 Å². The molecule has 6 nitrogen and oxygen atoms in total. The van der Waals surface area contributed by atoms with Crippen LogP contribution in [0.1, 0.15) is 23.8 Å². The molecule has 0 spiro atoms. The summed E-state index contributed by atoms with van der Waals surface area (Å²) in [5.74, 6) is -0.00712. The van der Waals surface area contributed by atoms with E-state index < -0.39 is 4.92 Å². The van der Waals surface area contributed by atoms with Crippen molar-refractivity contribution in [1.82, 2.24) is 4.90 Å². The smallest absolute Gasteiger partial charge is 0.269 e. The van der Waals surface area contributed by atoms with Crippen LogP contribution in [-0.2, 0) is 4.79 Å². The Balaban J connectivity index is 1.66. The average Bonchev–Trinajstić information content (AvgIpc) is 3.25. The standard InChI is InChI=1S/C17H19N3O3S/c1-18(13-6-8-14(9-7-13)20(22)23)17(21)12-19-10-2-4-15(19)16-5-3-11-24-16/h3,5-9,11,15H,2,4,10,12H2,1H3/t15-/m0/s1. The highest BCUT2D eigenvalue weighted by Gasteiger charge is 2.29. The van der Waals surface area contributed by atoms with Gasteiger partial charge in [0.05, 0.1) is 11.5 Å². The second kappa shape index (κ2) is 7.11.